The van der Waals surface area contributed by atoms with Gasteiger partial charge in [0.2, 0.25) is 0 Å². The van der Waals surface area contributed by atoms with Crippen molar-refractivity contribution in [3.8, 4) is 0 Å². The molecular weight excluding hydrogens is 284 g/mol. The summed E-state index contributed by atoms with van der Waals surface area (Å²) in [5.41, 5.74) is 2.08. The molecule has 0 fully saturated rings. The summed E-state index contributed by atoms with van der Waals surface area (Å²) in [4.78, 5) is 24.1. The van der Waals surface area contributed by atoms with Crippen molar-refractivity contribution in [1.29, 1.82) is 0 Å². The van der Waals surface area contributed by atoms with Crippen LogP contribution in [0.5, 0.6) is 0 Å². The Kier molecular flexibility index (Phi) is 3.88. The molecule has 0 radical (unpaired) electrons. The Morgan fingerprint density at radius 1 is 1.32 bits per heavy atom. The molecular formula is C15H16N4O3. The molecule has 2 heterocycles. The number of carbonyl (C=O) groups excluding carboxylic acids is 2. The zero-order chi connectivity index (χ0) is 15.5. The number of benzene rings is 1. The third kappa shape index (κ3) is 2.58. The van der Waals surface area contributed by atoms with Crippen molar-refractivity contribution in [1.82, 2.24) is 15.1 Å². The van der Waals surface area contributed by atoms with Crippen LogP contribution in [0.1, 0.15) is 28.5 Å². The van der Waals surface area contributed by atoms with E-state index in [-0.39, 0.29) is 12.5 Å². The fourth-order valence-corrected chi connectivity index (χ4v) is 2.36. The van der Waals surface area contributed by atoms with Crippen LogP contribution in [0.25, 0.3) is 0 Å². The number of amides is 1. The van der Waals surface area contributed by atoms with Crippen LogP contribution in [0.3, 0.4) is 0 Å². The first-order valence-electron chi connectivity index (χ1n) is 7.05. The van der Waals surface area contributed by atoms with E-state index in [1.165, 1.54) is 4.68 Å². The summed E-state index contributed by atoms with van der Waals surface area (Å²) in [6.45, 7) is 3.08. The molecule has 3 rings (SSSR count). The van der Waals surface area contributed by atoms with Gasteiger partial charge in [0.05, 0.1) is 12.3 Å². The highest BCUT2D eigenvalue weighted by Gasteiger charge is 2.26. The lowest BCUT2D eigenvalue weighted by atomic mass is 10.2. The number of carbonyl (C=O) groups is 2. The van der Waals surface area contributed by atoms with E-state index >= 15 is 0 Å². The van der Waals surface area contributed by atoms with Crippen molar-refractivity contribution in [2.45, 2.75) is 20.0 Å². The van der Waals surface area contributed by atoms with Crippen LogP contribution in [-0.2, 0) is 17.8 Å². The Hall–Kier alpha value is -2.67. The van der Waals surface area contributed by atoms with E-state index in [4.69, 9.17) is 4.74 Å². The maximum absolute atomic E-state index is 12.2. The molecule has 7 nitrogen and oxygen atoms in total. The fraction of sp³-hybridized carbons (Fsp3) is 0.267. The average Bonchev–Trinajstić information content (AvgIpc) is 3.12. The molecule has 114 valence electrons. The highest BCUT2D eigenvalue weighted by molar-refractivity contribution is 6.04. The van der Waals surface area contributed by atoms with Crippen LogP contribution in [0.15, 0.2) is 30.3 Å². The lowest BCUT2D eigenvalue weighted by molar-refractivity contribution is 0.102. The molecule has 1 aliphatic heterocycles. The van der Waals surface area contributed by atoms with E-state index < -0.39 is 6.09 Å². The highest BCUT2D eigenvalue weighted by Crippen LogP contribution is 2.24. The van der Waals surface area contributed by atoms with Crippen LogP contribution < -0.4 is 10.6 Å². The van der Waals surface area contributed by atoms with Crippen LogP contribution >= 0.6 is 0 Å². The fourth-order valence-electron chi connectivity index (χ4n) is 2.36. The number of hydrogen-bond acceptors (Lipinski definition) is 5. The zero-order valence-electron chi connectivity index (χ0n) is 12.1. The lowest BCUT2D eigenvalue weighted by Crippen LogP contribution is -2.20. The number of aromatic nitrogens is 2. The van der Waals surface area contributed by atoms with E-state index in [2.05, 4.69) is 15.7 Å². The number of nitrogens with zero attached hydrogens (tertiary/aromatic N) is 2. The molecule has 1 aromatic carbocycles. The van der Waals surface area contributed by atoms with Gasteiger partial charge in [-0.1, -0.05) is 18.2 Å². The van der Waals surface area contributed by atoms with Gasteiger partial charge >= 0.3 is 6.09 Å². The second-order valence-corrected chi connectivity index (χ2v) is 4.81. The van der Waals surface area contributed by atoms with Crippen molar-refractivity contribution in [3.63, 3.8) is 0 Å². The van der Waals surface area contributed by atoms with Gasteiger partial charge in [-0.15, -0.1) is 5.10 Å². The normalized spacial score (nSPS) is 12.8. The third-order valence-electron chi connectivity index (χ3n) is 3.39. The summed E-state index contributed by atoms with van der Waals surface area (Å²) in [7, 11) is 0. The van der Waals surface area contributed by atoms with Gasteiger partial charge in [0, 0.05) is 24.2 Å². The molecule has 2 aromatic rings. The van der Waals surface area contributed by atoms with E-state index in [0.717, 1.165) is 11.3 Å². The molecule has 0 bridgehead atoms. The molecule has 0 spiro atoms. The van der Waals surface area contributed by atoms with E-state index in [1.54, 1.807) is 31.2 Å². The van der Waals surface area contributed by atoms with Crippen LogP contribution in [-0.4, -0.2) is 28.4 Å². The summed E-state index contributed by atoms with van der Waals surface area (Å²) < 4.78 is 6.18. The topological polar surface area (TPSA) is 85.2 Å². The highest BCUT2D eigenvalue weighted by atomic mass is 16.6. The SMILES string of the molecule is CCOC(=O)n1nc(NC(=O)c2ccccc2)c2c1CNC2. The maximum Gasteiger partial charge on any atom is 0.435 e. The van der Waals surface area contributed by atoms with Gasteiger partial charge in [-0.05, 0) is 19.1 Å². The maximum atomic E-state index is 12.2. The first-order valence-corrected chi connectivity index (χ1v) is 7.05. The Morgan fingerprint density at radius 3 is 2.82 bits per heavy atom. The van der Waals surface area contributed by atoms with Crippen molar-refractivity contribution < 1.29 is 14.3 Å². The number of hydrogen-bond donors (Lipinski definition) is 2. The second-order valence-electron chi connectivity index (χ2n) is 4.81. The number of nitrogens with one attached hydrogen (secondary N) is 2. The molecule has 1 amide bonds. The smallest absolute Gasteiger partial charge is 0.435 e. The van der Waals surface area contributed by atoms with E-state index in [1.807, 2.05) is 6.07 Å². The largest absolute Gasteiger partial charge is 0.448 e. The van der Waals surface area contributed by atoms with Crippen LogP contribution in [0.4, 0.5) is 10.6 Å². The molecule has 0 saturated heterocycles. The Morgan fingerprint density at radius 2 is 2.09 bits per heavy atom. The lowest BCUT2D eigenvalue weighted by Gasteiger charge is -2.04. The van der Waals surface area contributed by atoms with Gasteiger partial charge in [-0.2, -0.15) is 4.68 Å². The molecule has 0 unspecified atom stereocenters. The minimum atomic E-state index is -0.539. The Balaban J connectivity index is 1.87. The first kappa shape index (κ1) is 14.3. The van der Waals surface area contributed by atoms with Gasteiger partial charge in [0.1, 0.15) is 0 Å². The summed E-state index contributed by atoms with van der Waals surface area (Å²) >= 11 is 0. The Bertz CT molecular complexity index is 709. The molecule has 1 aromatic heterocycles. The number of fused-ring (bicyclic) bond motifs is 1. The zero-order valence-corrected chi connectivity index (χ0v) is 12.1. The van der Waals surface area contributed by atoms with Gasteiger partial charge in [0.15, 0.2) is 5.82 Å². The Labute approximate surface area is 127 Å². The quantitative estimate of drug-likeness (QED) is 0.902. The molecule has 22 heavy (non-hydrogen) atoms. The van der Waals surface area contributed by atoms with Crippen molar-refractivity contribution >= 4 is 17.8 Å². The van der Waals surface area contributed by atoms with Gasteiger partial charge in [-0.25, -0.2) is 4.79 Å². The van der Waals surface area contributed by atoms with Gasteiger partial charge < -0.3 is 15.4 Å². The molecule has 1 aliphatic rings. The minimum Gasteiger partial charge on any atom is -0.448 e. The second kappa shape index (κ2) is 5.98. The first-order chi connectivity index (χ1) is 10.7. The molecule has 0 aliphatic carbocycles. The van der Waals surface area contributed by atoms with Crippen LogP contribution in [0, 0.1) is 0 Å². The van der Waals surface area contributed by atoms with Crippen molar-refractivity contribution in [2.75, 3.05) is 11.9 Å². The standard InChI is InChI=1S/C15H16N4O3/c1-2-22-15(21)19-12-9-16-8-11(12)13(18-19)17-14(20)10-6-4-3-5-7-10/h3-7,16H,2,8-9H2,1H3,(H,17,18,20). The van der Waals surface area contributed by atoms with Gasteiger partial charge in [-0.3, -0.25) is 4.79 Å². The van der Waals surface area contributed by atoms with Crippen molar-refractivity contribution in [2.24, 2.45) is 0 Å². The average molecular weight is 300 g/mol. The van der Waals surface area contributed by atoms with Crippen molar-refractivity contribution in [3.05, 3.63) is 47.2 Å². The summed E-state index contributed by atoms with van der Waals surface area (Å²) in [5, 5.41) is 10.1. The molecule has 0 atom stereocenters. The van der Waals surface area contributed by atoms with Crippen LogP contribution in [0.2, 0.25) is 0 Å². The third-order valence-corrected chi connectivity index (χ3v) is 3.39. The summed E-state index contributed by atoms with van der Waals surface area (Å²) in [6, 6.07) is 8.86. The molecule has 0 saturated carbocycles. The van der Waals surface area contributed by atoms with Gasteiger partial charge in [0.25, 0.3) is 5.91 Å². The predicted octanol–water partition coefficient (Wildman–Crippen LogP) is 1.74. The summed E-state index contributed by atoms with van der Waals surface area (Å²) in [5.74, 6) is 0.130. The molecule has 7 heteroatoms. The predicted molar refractivity (Wildman–Crippen MR) is 79.6 cm³/mol. The monoisotopic (exact) mass is 300 g/mol. The summed E-state index contributed by atoms with van der Waals surface area (Å²) in [6.07, 6.45) is -0.539. The van der Waals surface area contributed by atoms with E-state index in [0.29, 0.717) is 24.5 Å². The minimum absolute atomic E-state index is 0.260. The number of anilines is 1. The van der Waals surface area contributed by atoms with E-state index in [9.17, 15) is 9.59 Å². The molecule has 2 N–H and O–H groups in total. The number of rotatable bonds is 3. The number of ether oxygens (including phenoxy) is 1.